The van der Waals surface area contributed by atoms with E-state index in [1.165, 1.54) is 0 Å². The SMILES string of the molecule is Cc1cc(Nc2ccc(C(=O)N(Cc3ccccc3)c3ccccc3)cn2)no1. The van der Waals surface area contributed by atoms with E-state index in [0.29, 0.717) is 29.5 Å². The van der Waals surface area contributed by atoms with E-state index in [2.05, 4.69) is 15.5 Å². The first-order chi connectivity index (χ1) is 14.2. The molecule has 0 saturated heterocycles. The zero-order valence-electron chi connectivity index (χ0n) is 15.9. The van der Waals surface area contributed by atoms with E-state index in [9.17, 15) is 4.79 Å². The molecule has 6 nitrogen and oxygen atoms in total. The number of anilines is 3. The molecule has 0 atom stereocenters. The molecule has 0 fully saturated rings. The number of benzene rings is 2. The minimum Gasteiger partial charge on any atom is -0.360 e. The molecular weight excluding hydrogens is 364 g/mol. The highest BCUT2D eigenvalue weighted by atomic mass is 16.5. The first kappa shape index (κ1) is 18.4. The van der Waals surface area contributed by atoms with Crippen LogP contribution in [-0.2, 0) is 6.54 Å². The Bertz CT molecular complexity index is 1080. The second-order valence-corrected chi connectivity index (χ2v) is 6.59. The number of nitrogens with zero attached hydrogens (tertiary/aromatic N) is 3. The lowest BCUT2D eigenvalue weighted by molar-refractivity contribution is 0.0985. The second kappa shape index (κ2) is 8.39. The Hall–Kier alpha value is -3.93. The number of carbonyl (C=O) groups excluding carboxylic acids is 1. The van der Waals surface area contributed by atoms with Gasteiger partial charge in [-0.2, -0.15) is 0 Å². The standard InChI is InChI=1S/C23H20N4O2/c1-17-14-22(26-29-17)25-21-13-12-19(15-24-21)23(28)27(20-10-6-3-7-11-20)16-18-8-4-2-5-9-18/h2-15H,16H2,1H3,(H,24,25,26). The summed E-state index contributed by atoms with van der Waals surface area (Å²) in [7, 11) is 0. The van der Waals surface area contributed by atoms with E-state index in [1.807, 2.05) is 67.6 Å². The Balaban J connectivity index is 1.56. The lowest BCUT2D eigenvalue weighted by atomic mass is 10.1. The van der Waals surface area contributed by atoms with Crippen molar-refractivity contribution in [2.45, 2.75) is 13.5 Å². The first-order valence-corrected chi connectivity index (χ1v) is 9.26. The molecule has 4 rings (SSSR count). The summed E-state index contributed by atoms with van der Waals surface area (Å²) < 4.78 is 5.03. The molecule has 0 aliphatic heterocycles. The maximum Gasteiger partial charge on any atom is 0.260 e. The van der Waals surface area contributed by atoms with Crippen LogP contribution in [0.1, 0.15) is 21.7 Å². The van der Waals surface area contributed by atoms with Crippen LogP contribution in [0.5, 0.6) is 0 Å². The fraction of sp³-hybridized carbons (Fsp3) is 0.0870. The molecule has 0 unspecified atom stereocenters. The van der Waals surface area contributed by atoms with Crippen molar-refractivity contribution in [2.24, 2.45) is 0 Å². The number of carbonyl (C=O) groups is 1. The molecule has 0 aliphatic carbocycles. The summed E-state index contributed by atoms with van der Waals surface area (Å²) in [6.45, 7) is 2.29. The minimum atomic E-state index is -0.114. The van der Waals surface area contributed by atoms with Gasteiger partial charge >= 0.3 is 0 Å². The van der Waals surface area contributed by atoms with Crippen LogP contribution >= 0.6 is 0 Å². The minimum absolute atomic E-state index is 0.114. The van der Waals surface area contributed by atoms with Gasteiger partial charge in [-0.15, -0.1) is 0 Å². The Morgan fingerprint density at radius 3 is 2.31 bits per heavy atom. The molecule has 1 amide bonds. The first-order valence-electron chi connectivity index (χ1n) is 9.26. The van der Waals surface area contributed by atoms with E-state index >= 15 is 0 Å². The Labute approximate surface area is 168 Å². The highest BCUT2D eigenvalue weighted by molar-refractivity contribution is 6.05. The summed E-state index contributed by atoms with van der Waals surface area (Å²) in [5.74, 6) is 1.75. The van der Waals surface area contributed by atoms with Crippen LogP contribution in [0.3, 0.4) is 0 Å². The van der Waals surface area contributed by atoms with Crippen LogP contribution < -0.4 is 10.2 Å². The molecule has 0 aliphatic rings. The van der Waals surface area contributed by atoms with Crippen LogP contribution in [0.15, 0.2) is 89.6 Å². The molecule has 4 aromatic rings. The molecule has 1 N–H and O–H groups in total. The number of aryl methyl sites for hydroxylation is 1. The predicted molar refractivity (Wildman–Crippen MR) is 112 cm³/mol. The largest absolute Gasteiger partial charge is 0.360 e. The quantitative estimate of drug-likeness (QED) is 0.508. The third kappa shape index (κ3) is 4.50. The molecule has 29 heavy (non-hydrogen) atoms. The van der Waals surface area contributed by atoms with Crippen molar-refractivity contribution in [1.82, 2.24) is 10.1 Å². The molecule has 2 aromatic heterocycles. The smallest absolute Gasteiger partial charge is 0.260 e. The van der Waals surface area contributed by atoms with Gasteiger partial charge in [-0.25, -0.2) is 4.98 Å². The third-order valence-corrected chi connectivity index (χ3v) is 4.39. The van der Waals surface area contributed by atoms with Crippen LogP contribution in [-0.4, -0.2) is 16.0 Å². The molecule has 0 saturated carbocycles. The molecule has 2 aromatic carbocycles. The number of pyridine rings is 1. The van der Waals surface area contributed by atoms with Gasteiger partial charge in [-0.1, -0.05) is 53.7 Å². The number of hydrogen-bond acceptors (Lipinski definition) is 5. The van der Waals surface area contributed by atoms with Crippen LogP contribution in [0.4, 0.5) is 17.3 Å². The zero-order valence-corrected chi connectivity index (χ0v) is 15.9. The van der Waals surface area contributed by atoms with Gasteiger partial charge < -0.3 is 14.7 Å². The van der Waals surface area contributed by atoms with Crippen LogP contribution in [0, 0.1) is 6.92 Å². The summed E-state index contributed by atoms with van der Waals surface area (Å²) in [6, 6.07) is 24.8. The van der Waals surface area contributed by atoms with Crippen molar-refractivity contribution in [2.75, 3.05) is 10.2 Å². The third-order valence-electron chi connectivity index (χ3n) is 4.39. The number of aromatic nitrogens is 2. The highest BCUT2D eigenvalue weighted by Gasteiger charge is 2.18. The summed E-state index contributed by atoms with van der Waals surface area (Å²) >= 11 is 0. The van der Waals surface area contributed by atoms with Gasteiger partial charge in [0.15, 0.2) is 5.82 Å². The van der Waals surface area contributed by atoms with Gasteiger partial charge in [0, 0.05) is 18.0 Å². The lowest BCUT2D eigenvalue weighted by Gasteiger charge is -2.23. The van der Waals surface area contributed by atoms with Gasteiger partial charge in [-0.3, -0.25) is 4.79 Å². The van der Waals surface area contributed by atoms with Crippen LogP contribution in [0.25, 0.3) is 0 Å². The van der Waals surface area contributed by atoms with E-state index in [-0.39, 0.29) is 5.91 Å². The topological polar surface area (TPSA) is 71.3 Å². The average molecular weight is 384 g/mol. The molecular formula is C23H20N4O2. The number of amides is 1. The average Bonchev–Trinajstić information content (AvgIpc) is 3.18. The zero-order chi connectivity index (χ0) is 20.1. The van der Waals surface area contributed by atoms with E-state index in [4.69, 9.17) is 4.52 Å². The Kier molecular flexibility index (Phi) is 5.33. The summed E-state index contributed by atoms with van der Waals surface area (Å²) in [5, 5.41) is 6.93. The molecule has 6 heteroatoms. The molecule has 0 spiro atoms. The van der Waals surface area contributed by atoms with Gasteiger partial charge in [0.1, 0.15) is 11.6 Å². The predicted octanol–water partition coefficient (Wildman–Crippen LogP) is 4.97. The van der Waals surface area contributed by atoms with Crippen LogP contribution in [0.2, 0.25) is 0 Å². The van der Waals surface area contributed by atoms with Gasteiger partial charge in [0.2, 0.25) is 0 Å². The number of para-hydroxylation sites is 1. The van der Waals surface area contributed by atoms with Crippen molar-refractivity contribution < 1.29 is 9.32 Å². The Morgan fingerprint density at radius 1 is 0.966 bits per heavy atom. The maximum atomic E-state index is 13.3. The normalized spacial score (nSPS) is 10.5. The van der Waals surface area contributed by atoms with E-state index < -0.39 is 0 Å². The van der Waals surface area contributed by atoms with Gasteiger partial charge in [0.25, 0.3) is 5.91 Å². The maximum absolute atomic E-state index is 13.3. The summed E-state index contributed by atoms with van der Waals surface area (Å²) in [6.07, 6.45) is 1.57. The van der Waals surface area contributed by atoms with Gasteiger partial charge in [0.05, 0.1) is 12.1 Å². The number of hydrogen-bond donors (Lipinski definition) is 1. The van der Waals surface area contributed by atoms with Crippen molar-refractivity contribution in [3.8, 4) is 0 Å². The van der Waals surface area contributed by atoms with Gasteiger partial charge in [-0.05, 0) is 36.8 Å². The fourth-order valence-corrected chi connectivity index (χ4v) is 2.96. The van der Waals surface area contributed by atoms with Crippen molar-refractivity contribution in [3.05, 3.63) is 102 Å². The molecule has 0 radical (unpaired) electrons. The van der Waals surface area contributed by atoms with Crippen molar-refractivity contribution in [1.29, 1.82) is 0 Å². The van der Waals surface area contributed by atoms with Crippen molar-refractivity contribution >= 4 is 23.2 Å². The highest BCUT2D eigenvalue weighted by Crippen LogP contribution is 2.21. The monoisotopic (exact) mass is 384 g/mol. The number of nitrogens with one attached hydrogen (secondary N) is 1. The number of rotatable bonds is 6. The molecule has 2 heterocycles. The van der Waals surface area contributed by atoms with E-state index in [0.717, 1.165) is 11.3 Å². The molecule has 144 valence electrons. The van der Waals surface area contributed by atoms with E-state index in [1.54, 1.807) is 29.3 Å². The molecule has 0 bridgehead atoms. The second-order valence-electron chi connectivity index (χ2n) is 6.59. The Morgan fingerprint density at radius 2 is 1.69 bits per heavy atom. The fourth-order valence-electron chi connectivity index (χ4n) is 2.96. The summed E-state index contributed by atoms with van der Waals surface area (Å²) in [5.41, 5.74) is 2.39. The summed E-state index contributed by atoms with van der Waals surface area (Å²) in [4.78, 5) is 19.4. The lowest BCUT2D eigenvalue weighted by Crippen LogP contribution is -2.30. The van der Waals surface area contributed by atoms with Crippen molar-refractivity contribution in [3.63, 3.8) is 0 Å².